The first kappa shape index (κ1) is 17.9. The molecule has 2 fully saturated rings. The first-order valence-electron chi connectivity index (χ1n) is 9.70. The van der Waals surface area contributed by atoms with Gasteiger partial charge in [0.15, 0.2) is 5.65 Å². The largest absolute Gasteiger partial charge is 0.356 e. The first-order valence-corrected chi connectivity index (χ1v) is 10.5. The Hall–Kier alpha value is -1.47. The number of piperidine rings is 2. The van der Waals surface area contributed by atoms with E-state index in [1.807, 2.05) is 6.07 Å². The number of hydrogen-bond acceptors (Lipinski definition) is 4. The third-order valence-corrected chi connectivity index (χ3v) is 6.17. The molecule has 0 saturated carbocycles. The predicted octanol–water partition coefficient (Wildman–Crippen LogP) is 3.03. The quantitative estimate of drug-likeness (QED) is 0.780. The van der Waals surface area contributed by atoms with Gasteiger partial charge < -0.3 is 15.2 Å². The Morgan fingerprint density at radius 1 is 1.31 bits per heavy atom. The monoisotopic (exact) mass is 419 g/mol. The van der Waals surface area contributed by atoms with Crippen molar-refractivity contribution < 1.29 is 4.79 Å². The molecule has 0 spiro atoms. The van der Waals surface area contributed by atoms with E-state index in [0.717, 1.165) is 22.4 Å². The van der Waals surface area contributed by atoms with E-state index in [1.165, 1.54) is 45.2 Å². The van der Waals surface area contributed by atoms with Crippen LogP contribution in [-0.2, 0) is 11.2 Å². The van der Waals surface area contributed by atoms with Crippen LogP contribution < -0.4 is 5.32 Å². The number of rotatable bonds is 5. The van der Waals surface area contributed by atoms with Crippen molar-refractivity contribution in [3.8, 4) is 0 Å². The summed E-state index contributed by atoms with van der Waals surface area (Å²) < 4.78 is 0.919. The molecule has 1 amide bonds. The molecule has 4 rings (SSSR count). The number of pyridine rings is 1. The molecule has 2 aliphatic heterocycles. The lowest BCUT2D eigenvalue weighted by Gasteiger charge is -2.44. The Kier molecular flexibility index (Phi) is 5.55. The molecule has 2 saturated heterocycles. The summed E-state index contributed by atoms with van der Waals surface area (Å²) in [5.74, 6) is 1.55. The molecule has 2 N–H and O–H groups in total. The molecule has 4 heterocycles. The Labute approximate surface area is 162 Å². The maximum Gasteiger partial charge on any atom is 0.220 e. The van der Waals surface area contributed by atoms with Crippen LogP contribution >= 0.6 is 15.9 Å². The fourth-order valence-electron chi connectivity index (χ4n) is 4.42. The van der Waals surface area contributed by atoms with Crippen LogP contribution in [0.15, 0.2) is 16.7 Å². The van der Waals surface area contributed by atoms with Gasteiger partial charge in [-0.2, -0.15) is 0 Å². The van der Waals surface area contributed by atoms with Crippen LogP contribution in [0.1, 0.15) is 44.3 Å². The number of carbonyl (C=O) groups is 1. The summed E-state index contributed by atoms with van der Waals surface area (Å²) in [6, 6.07) is 2.63. The summed E-state index contributed by atoms with van der Waals surface area (Å²) in [4.78, 5) is 26.9. The van der Waals surface area contributed by atoms with Gasteiger partial charge >= 0.3 is 0 Å². The van der Waals surface area contributed by atoms with E-state index >= 15 is 0 Å². The summed E-state index contributed by atoms with van der Waals surface area (Å²) >= 11 is 3.41. The average molecular weight is 420 g/mol. The molecule has 2 aliphatic rings. The van der Waals surface area contributed by atoms with E-state index in [9.17, 15) is 4.79 Å². The highest BCUT2D eigenvalue weighted by Gasteiger charge is 2.32. The molecular formula is C19H26BrN5O. The number of aromatic nitrogens is 3. The number of hydrogen-bond donors (Lipinski definition) is 2. The molecule has 0 bridgehead atoms. The summed E-state index contributed by atoms with van der Waals surface area (Å²) in [5.41, 5.74) is 1.59. The molecule has 2 unspecified atom stereocenters. The molecule has 6 nitrogen and oxygen atoms in total. The van der Waals surface area contributed by atoms with Crippen molar-refractivity contribution in [2.24, 2.45) is 5.92 Å². The maximum absolute atomic E-state index is 12.3. The summed E-state index contributed by atoms with van der Waals surface area (Å²) in [6.07, 6.45) is 9.27. The lowest BCUT2D eigenvalue weighted by atomic mass is 9.83. The number of imidazole rings is 1. The van der Waals surface area contributed by atoms with Crippen molar-refractivity contribution in [1.82, 2.24) is 25.2 Å². The number of H-pyrrole nitrogens is 1. The van der Waals surface area contributed by atoms with E-state index in [4.69, 9.17) is 0 Å². The molecule has 2 aromatic rings. The highest BCUT2D eigenvalue weighted by molar-refractivity contribution is 9.10. The second-order valence-electron chi connectivity index (χ2n) is 7.51. The van der Waals surface area contributed by atoms with Gasteiger partial charge in [0.2, 0.25) is 5.91 Å². The van der Waals surface area contributed by atoms with Crippen LogP contribution in [0.2, 0.25) is 0 Å². The Bertz CT molecular complexity index is 774. The van der Waals surface area contributed by atoms with Gasteiger partial charge in [-0.3, -0.25) is 4.79 Å². The number of carbonyl (C=O) groups excluding carboxylic acids is 1. The Morgan fingerprint density at radius 2 is 2.19 bits per heavy atom. The van der Waals surface area contributed by atoms with Crippen molar-refractivity contribution in [3.05, 3.63) is 22.6 Å². The van der Waals surface area contributed by atoms with E-state index in [-0.39, 0.29) is 5.91 Å². The molecule has 2 aromatic heterocycles. The van der Waals surface area contributed by atoms with Gasteiger partial charge in [-0.05, 0) is 66.7 Å². The van der Waals surface area contributed by atoms with Crippen molar-refractivity contribution in [2.45, 2.75) is 51.0 Å². The third kappa shape index (κ3) is 4.09. The predicted molar refractivity (Wildman–Crippen MR) is 105 cm³/mol. The smallest absolute Gasteiger partial charge is 0.220 e. The molecule has 2 atom stereocenters. The molecule has 140 valence electrons. The third-order valence-electron chi connectivity index (χ3n) is 5.73. The topological polar surface area (TPSA) is 73.9 Å². The minimum atomic E-state index is 0.118. The van der Waals surface area contributed by atoms with Gasteiger partial charge in [0, 0.05) is 36.1 Å². The van der Waals surface area contributed by atoms with Gasteiger partial charge in [0.1, 0.15) is 5.82 Å². The van der Waals surface area contributed by atoms with Crippen molar-refractivity contribution >= 4 is 33.0 Å². The number of halogens is 1. The average Bonchev–Trinajstić information content (AvgIpc) is 3.06. The van der Waals surface area contributed by atoms with E-state index < -0.39 is 0 Å². The Balaban J connectivity index is 1.27. The zero-order chi connectivity index (χ0) is 17.9. The van der Waals surface area contributed by atoms with Crippen LogP contribution in [0.5, 0.6) is 0 Å². The van der Waals surface area contributed by atoms with Crippen LogP contribution in [-0.4, -0.2) is 51.4 Å². The van der Waals surface area contributed by atoms with E-state index in [1.54, 1.807) is 6.20 Å². The number of aromatic amines is 1. The molecule has 26 heavy (non-hydrogen) atoms. The van der Waals surface area contributed by atoms with Crippen LogP contribution in [0.25, 0.3) is 11.2 Å². The lowest BCUT2D eigenvalue weighted by Crippen LogP contribution is -2.51. The molecule has 7 heteroatoms. The number of aryl methyl sites for hydroxylation is 1. The van der Waals surface area contributed by atoms with Gasteiger partial charge in [-0.1, -0.05) is 6.42 Å². The van der Waals surface area contributed by atoms with Gasteiger partial charge in [-0.15, -0.1) is 0 Å². The number of nitrogens with zero attached hydrogens (tertiary/aromatic N) is 3. The van der Waals surface area contributed by atoms with Gasteiger partial charge in [0.05, 0.1) is 5.52 Å². The maximum atomic E-state index is 12.3. The van der Waals surface area contributed by atoms with Crippen molar-refractivity contribution in [2.75, 3.05) is 19.6 Å². The minimum Gasteiger partial charge on any atom is -0.356 e. The highest BCUT2D eigenvalue weighted by atomic mass is 79.9. The van der Waals surface area contributed by atoms with E-state index in [0.29, 0.717) is 30.4 Å². The number of fused-ring (bicyclic) bond motifs is 2. The van der Waals surface area contributed by atoms with Crippen molar-refractivity contribution in [1.29, 1.82) is 0 Å². The minimum absolute atomic E-state index is 0.118. The second kappa shape index (κ2) is 8.05. The van der Waals surface area contributed by atoms with Gasteiger partial charge in [-0.25, -0.2) is 9.97 Å². The van der Waals surface area contributed by atoms with Crippen molar-refractivity contribution in [3.63, 3.8) is 0 Å². The fraction of sp³-hybridized carbons (Fsp3) is 0.632. The highest BCUT2D eigenvalue weighted by Crippen LogP contribution is 2.30. The first-order chi connectivity index (χ1) is 12.7. The molecular weight excluding hydrogens is 394 g/mol. The number of amides is 1. The standard InChI is InChI=1S/C19H26BrN5O/c20-14-10-15-19(22-12-14)24-17(23-15)6-7-18(26)21-11-13-4-3-9-25-8-2-1-5-16(13)25/h10,12-13,16H,1-9,11H2,(H,21,26)(H,22,23,24). The molecule has 0 radical (unpaired) electrons. The fourth-order valence-corrected chi connectivity index (χ4v) is 4.75. The Morgan fingerprint density at radius 3 is 3.12 bits per heavy atom. The zero-order valence-electron chi connectivity index (χ0n) is 15.0. The summed E-state index contributed by atoms with van der Waals surface area (Å²) in [5, 5.41) is 3.17. The normalized spacial score (nSPS) is 23.7. The molecule has 0 aliphatic carbocycles. The zero-order valence-corrected chi connectivity index (χ0v) is 16.6. The summed E-state index contributed by atoms with van der Waals surface area (Å²) in [7, 11) is 0. The van der Waals surface area contributed by atoms with Crippen LogP contribution in [0, 0.1) is 5.92 Å². The van der Waals surface area contributed by atoms with Gasteiger partial charge in [0.25, 0.3) is 0 Å². The second-order valence-corrected chi connectivity index (χ2v) is 8.43. The van der Waals surface area contributed by atoms with Crippen LogP contribution in [0.4, 0.5) is 0 Å². The lowest BCUT2D eigenvalue weighted by molar-refractivity contribution is -0.121. The molecule has 0 aromatic carbocycles. The SMILES string of the molecule is O=C(CCc1nc2ncc(Br)cc2[nH]1)NCC1CCCN2CCCCC12. The summed E-state index contributed by atoms with van der Waals surface area (Å²) in [6.45, 7) is 3.30. The number of nitrogens with one attached hydrogen (secondary N) is 2. The van der Waals surface area contributed by atoms with E-state index in [2.05, 4.69) is 41.1 Å². The van der Waals surface area contributed by atoms with Crippen LogP contribution in [0.3, 0.4) is 0 Å².